The standard InChI is InChI=1S/C17H21FN2O2S/c1-13-3-7-17(8-4-13)23(21,22)20-10-9-19-12-15-5-6-16(18)11-14(15)2/h3-8,11,19-20H,9-10,12H2,1-2H3. The highest BCUT2D eigenvalue weighted by molar-refractivity contribution is 7.89. The number of nitrogens with one attached hydrogen (secondary N) is 2. The Labute approximate surface area is 136 Å². The van der Waals surface area contributed by atoms with E-state index in [-0.39, 0.29) is 17.3 Å². The fraction of sp³-hybridized carbons (Fsp3) is 0.294. The SMILES string of the molecule is Cc1ccc(S(=O)(=O)NCCNCc2ccc(F)cc2C)cc1. The second-order valence-electron chi connectivity index (χ2n) is 5.46. The van der Waals surface area contributed by atoms with Gasteiger partial charge >= 0.3 is 0 Å². The molecule has 2 rings (SSSR count). The van der Waals surface area contributed by atoms with Crippen LogP contribution in [-0.4, -0.2) is 21.5 Å². The van der Waals surface area contributed by atoms with E-state index < -0.39 is 10.0 Å². The molecule has 0 amide bonds. The van der Waals surface area contributed by atoms with Gasteiger partial charge in [-0.25, -0.2) is 17.5 Å². The quantitative estimate of drug-likeness (QED) is 0.764. The largest absolute Gasteiger partial charge is 0.311 e. The summed E-state index contributed by atoms with van der Waals surface area (Å²) >= 11 is 0. The van der Waals surface area contributed by atoms with Crippen LogP contribution in [-0.2, 0) is 16.6 Å². The van der Waals surface area contributed by atoms with Crippen LogP contribution in [0, 0.1) is 19.7 Å². The van der Waals surface area contributed by atoms with Gasteiger partial charge in [-0.3, -0.25) is 0 Å². The molecular formula is C17H21FN2O2S. The average molecular weight is 336 g/mol. The van der Waals surface area contributed by atoms with Gasteiger partial charge in [0, 0.05) is 19.6 Å². The number of benzene rings is 2. The summed E-state index contributed by atoms with van der Waals surface area (Å²) < 4.78 is 39.7. The molecule has 0 spiro atoms. The fourth-order valence-electron chi connectivity index (χ4n) is 2.16. The highest BCUT2D eigenvalue weighted by Gasteiger charge is 2.12. The Morgan fingerprint density at radius 3 is 2.35 bits per heavy atom. The Bertz CT molecular complexity index is 759. The molecule has 0 atom stereocenters. The summed E-state index contributed by atoms with van der Waals surface area (Å²) in [6.07, 6.45) is 0. The van der Waals surface area contributed by atoms with Crippen molar-refractivity contribution < 1.29 is 12.8 Å². The molecule has 0 radical (unpaired) electrons. The minimum Gasteiger partial charge on any atom is -0.311 e. The van der Waals surface area contributed by atoms with Crippen molar-refractivity contribution in [3.8, 4) is 0 Å². The number of hydrogen-bond acceptors (Lipinski definition) is 3. The summed E-state index contributed by atoms with van der Waals surface area (Å²) in [4.78, 5) is 0.262. The van der Waals surface area contributed by atoms with Crippen LogP contribution < -0.4 is 10.0 Å². The van der Waals surface area contributed by atoms with Gasteiger partial charge in [-0.1, -0.05) is 23.8 Å². The van der Waals surface area contributed by atoms with E-state index in [2.05, 4.69) is 10.0 Å². The number of sulfonamides is 1. The Morgan fingerprint density at radius 1 is 1.00 bits per heavy atom. The molecule has 0 aliphatic heterocycles. The molecule has 0 aromatic heterocycles. The molecule has 0 heterocycles. The van der Waals surface area contributed by atoms with Crippen molar-refractivity contribution in [2.24, 2.45) is 0 Å². The van der Waals surface area contributed by atoms with Crippen LogP contribution in [0.4, 0.5) is 4.39 Å². The predicted octanol–water partition coefficient (Wildman–Crippen LogP) is 2.51. The fourth-order valence-corrected chi connectivity index (χ4v) is 3.19. The lowest BCUT2D eigenvalue weighted by atomic mass is 10.1. The highest BCUT2D eigenvalue weighted by Crippen LogP contribution is 2.10. The zero-order valence-electron chi connectivity index (χ0n) is 13.3. The van der Waals surface area contributed by atoms with Crippen LogP contribution in [0.3, 0.4) is 0 Å². The van der Waals surface area contributed by atoms with Crippen LogP contribution in [0.2, 0.25) is 0 Å². The molecule has 2 aromatic carbocycles. The monoisotopic (exact) mass is 336 g/mol. The summed E-state index contributed by atoms with van der Waals surface area (Å²) in [7, 11) is -3.48. The molecule has 0 saturated carbocycles. The third-order valence-corrected chi connectivity index (χ3v) is 5.02. The van der Waals surface area contributed by atoms with E-state index in [0.29, 0.717) is 13.1 Å². The van der Waals surface area contributed by atoms with Crippen molar-refractivity contribution in [2.45, 2.75) is 25.3 Å². The van der Waals surface area contributed by atoms with Gasteiger partial charge in [0.25, 0.3) is 0 Å². The van der Waals surface area contributed by atoms with E-state index in [1.54, 1.807) is 30.3 Å². The Morgan fingerprint density at radius 2 is 1.70 bits per heavy atom. The molecule has 0 fully saturated rings. The van der Waals surface area contributed by atoms with Crippen LogP contribution in [0.5, 0.6) is 0 Å². The van der Waals surface area contributed by atoms with E-state index in [9.17, 15) is 12.8 Å². The second-order valence-corrected chi connectivity index (χ2v) is 7.23. The molecule has 0 saturated heterocycles. The Balaban J connectivity index is 1.79. The minimum atomic E-state index is -3.48. The number of aryl methyl sites for hydroxylation is 2. The smallest absolute Gasteiger partial charge is 0.240 e. The first kappa shape index (κ1) is 17.6. The third-order valence-electron chi connectivity index (χ3n) is 3.55. The first-order valence-electron chi connectivity index (χ1n) is 7.40. The van der Waals surface area contributed by atoms with Gasteiger partial charge in [0.05, 0.1) is 4.90 Å². The second kappa shape index (κ2) is 7.68. The van der Waals surface area contributed by atoms with Gasteiger partial charge in [-0.15, -0.1) is 0 Å². The number of rotatable bonds is 7. The maximum absolute atomic E-state index is 13.0. The van der Waals surface area contributed by atoms with Gasteiger partial charge in [0.1, 0.15) is 5.82 Å². The van der Waals surface area contributed by atoms with E-state index in [1.165, 1.54) is 12.1 Å². The van der Waals surface area contributed by atoms with Gasteiger partial charge in [0.15, 0.2) is 0 Å². The van der Waals surface area contributed by atoms with Crippen molar-refractivity contribution in [3.63, 3.8) is 0 Å². The summed E-state index contributed by atoms with van der Waals surface area (Å²) in [5.41, 5.74) is 2.88. The Kier molecular flexibility index (Phi) is 5.87. The molecule has 2 N–H and O–H groups in total. The number of hydrogen-bond donors (Lipinski definition) is 2. The lowest BCUT2D eigenvalue weighted by Gasteiger charge is -2.09. The number of halogens is 1. The third kappa shape index (κ3) is 5.13. The van der Waals surface area contributed by atoms with Crippen LogP contribution >= 0.6 is 0 Å². The van der Waals surface area contributed by atoms with Crippen LogP contribution in [0.1, 0.15) is 16.7 Å². The molecule has 23 heavy (non-hydrogen) atoms. The van der Waals surface area contributed by atoms with Gasteiger partial charge < -0.3 is 5.32 Å². The lowest BCUT2D eigenvalue weighted by molar-refractivity contribution is 0.575. The molecule has 0 aliphatic carbocycles. The maximum Gasteiger partial charge on any atom is 0.240 e. The van der Waals surface area contributed by atoms with E-state index in [4.69, 9.17) is 0 Å². The minimum absolute atomic E-state index is 0.253. The summed E-state index contributed by atoms with van der Waals surface area (Å²) in [6, 6.07) is 11.4. The molecule has 0 unspecified atom stereocenters. The summed E-state index contributed by atoms with van der Waals surface area (Å²) in [5.74, 6) is -0.253. The van der Waals surface area contributed by atoms with Gasteiger partial charge in [-0.2, -0.15) is 0 Å². The van der Waals surface area contributed by atoms with Crippen LogP contribution in [0.15, 0.2) is 47.4 Å². The van der Waals surface area contributed by atoms with E-state index in [0.717, 1.165) is 16.7 Å². The molecule has 4 nitrogen and oxygen atoms in total. The molecular weight excluding hydrogens is 315 g/mol. The molecule has 0 bridgehead atoms. The van der Waals surface area contributed by atoms with Crippen molar-refractivity contribution in [2.75, 3.05) is 13.1 Å². The predicted molar refractivity (Wildman–Crippen MR) is 89.2 cm³/mol. The zero-order valence-corrected chi connectivity index (χ0v) is 14.1. The van der Waals surface area contributed by atoms with Crippen molar-refractivity contribution >= 4 is 10.0 Å². The van der Waals surface area contributed by atoms with E-state index >= 15 is 0 Å². The van der Waals surface area contributed by atoms with Crippen molar-refractivity contribution in [3.05, 3.63) is 65.0 Å². The van der Waals surface area contributed by atoms with Crippen molar-refractivity contribution in [1.29, 1.82) is 0 Å². The summed E-state index contributed by atoms with van der Waals surface area (Å²) in [5, 5.41) is 3.15. The lowest BCUT2D eigenvalue weighted by Crippen LogP contribution is -2.31. The zero-order chi connectivity index (χ0) is 16.9. The maximum atomic E-state index is 13.0. The van der Waals surface area contributed by atoms with Crippen LogP contribution in [0.25, 0.3) is 0 Å². The normalized spacial score (nSPS) is 11.6. The molecule has 2 aromatic rings. The van der Waals surface area contributed by atoms with Gasteiger partial charge in [0.2, 0.25) is 10.0 Å². The summed E-state index contributed by atoms with van der Waals surface area (Å²) in [6.45, 7) is 5.10. The molecule has 124 valence electrons. The first-order valence-corrected chi connectivity index (χ1v) is 8.89. The molecule has 0 aliphatic rings. The van der Waals surface area contributed by atoms with Crippen molar-refractivity contribution in [1.82, 2.24) is 10.0 Å². The first-order chi connectivity index (χ1) is 10.9. The molecule has 6 heteroatoms. The van der Waals surface area contributed by atoms with Gasteiger partial charge in [-0.05, 0) is 49.2 Å². The highest BCUT2D eigenvalue weighted by atomic mass is 32.2. The average Bonchev–Trinajstić information content (AvgIpc) is 2.49. The van der Waals surface area contributed by atoms with E-state index in [1.807, 2.05) is 13.8 Å². The topological polar surface area (TPSA) is 58.2 Å². The Hall–Kier alpha value is -1.76.